The summed E-state index contributed by atoms with van der Waals surface area (Å²) in [6, 6.07) is 0.597. The van der Waals surface area contributed by atoms with Crippen LogP contribution in [0.1, 0.15) is 33.6 Å². The number of hydrogen-bond donors (Lipinski definition) is 1. The van der Waals surface area contributed by atoms with Gasteiger partial charge in [-0.25, -0.2) is 0 Å². The van der Waals surface area contributed by atoms with E-state index >= 15 is 0 Å². The van der Waals surface area contributed by atoms with Crippen molar-refractivity contribution in [3.8, 4) is 0 Å². The Labute approximate surface area is 99.3 Å². The normalized spacial score (nSPS) is 11.1. The number of carbonyl (C=O) groups is 1. The molecule has 0 rings (SSSR count). The zero-order valence-electron chi connectivity index (χ0n) is 11.1. The molecule has 4 heteroatoms. The van der Waals surface area contributed by atoms with Crippen LogP contribution in [0.2, 0.25) is 0 Å². The molecule has 0 bridgehead atoms. The highest BCUT2D eigenvalue weighted by Crippen LogP contribution is 1.94. The maximum atomic E-state index is 11.0. The first-order valence-corrected chi connectivity index (χ1v) is 6.14. The molecule has 1 N–H and O–H groups in total. The number of ether oxygens (including phenoxy) is 1. The molecule has 0 aromatic carbocycles. The highest BCUT2D eigenvalue weighted by atomic mass is 16.5. The molecule has 0 fully saturated rings. The van der Waals surface area contributed by atoms with Crippen LogP contribution < -0.4 is 5.32 Å². The summed E-state index contributed by atoms with van der Waals surface area (Å²) in [6.45, 7) is 9.43. The SMILES string of the molecule is CCOC(=O)CCNCCCN(C)C(C)C. The van der Waals surface area contributed by atoms with Gasteiger partial charge in [0.25, 0.3) is 0 Å². The average Bonchev–Trinajstić information content (AvgIpc) is 2.23. The highest BCUT2D eigenvalue weighted by Gasteiger charge is 2.02. The highest BCUT2D eigenvalue weighted by molar-refractivity contribution is 5.69. The van der Waals surface area contributed by atoms with Crippen LogP contribution in [0, 0.1) is 0 Å². The van der Waals surface area contributed by atoms with Crippen LogP contribution in [-0.2, 0) is 9.53 Å². The predicted molar refractivity (Wildman–Crippen MR) is 66.5 cm³/mol. The third kappa shape index (κ3) is 8.68. The second kappa shape index (κ2) is 9.60. The maximum absolute atomic E-state index is 11.0. The van der Waals surface area contributed by atoms with Crippen molar-refractivity contribution in [1.82, 2.24) is 10.2 Å². The molecule has 0 unspecified atom stereocenters. The Hall–Kier alpha value is -0.610. The first-order chi connectivity index (χ1) is 7.57. The van der Waals surface area contributed by atoms with Gasteiger partial charge < -0.3 is 15.0 Å². The van der Waals surface area contributed by atoms with E-state index < -0.39 is 0 Å². The molecule has 96 valence electrons. The third-order valence-electron chi connectivity index (χ3n) is 2.56. The lowest BCUT2D eigenvalue weighted by Crippen LogP contribution is -2.30. The molecule has 0 atom stereocenters. The molecule has 0 aliphatic carbocycles. The second-order valence-corrected chi connectivity index (χ2v) is 4.23. The van der Waals surface area contributed by atoms with Crippen molar-refractivity contribution in [2.75, 3.05) is 33.3 Å². The van der Waals surface area contributed by atoms with E-state index in [1.165, 1.54) is 0 Å². The molecule has 0 heterocycles. The van der Waals surface area contributed by atoms with Crippen molar-refractivity contribution in [2.45, 2.75) is 39.7 Å². The molecule has 16 heavy (non-hydrogen) atoms. The Kier molecular flexibility index (Phi) is 9.24. The summed E-state index contributed by atoms with van der Waals surface area (Å²) in [7, 11) is 2.13. The van der Waals surface area contributed by atoms with Gasteiger partial charge in [0.05, 0.1) is 13.0 Å². The van der Waals surface area contributed by atoms with E-state index in [9.17, 15) is 4.79 Å². The first kappa shape index (κ1) is 15.4. The average molecular weight is 230 g/mol. The Bertz CT molecular complexity index is 184. The molecule has 0 amide bonds. The molecule has 0 radical (unpaired) electrons. The quantitative estimate of drug-likeness (QED) is 0.478. The van der Waals surface area contributed by atoms with Crippen molar-refractivity contribution < 1.29 is 9.53 Å². The van der Waals surface area contributed by atoms with Gasteiger partial charge in [-0.15, -0.1) is 0 Å². The van der Waals surface area contributed by atoms with Crippen LogP contribution in [0.25, 0.3) is 0 Å². The van der Waals surface area contributed by atoms with Gasteiger partial charge in [-0.2, -0.15) is 0 Å². The van der Waals surface area contributed by atoms with E-state index in [0.717, 1.165) is 19.5 Å². The van der Waals surface area contributed by atoms with Crippen molar-refractivity contribution in [1.29, 1.82) is 0 Å². The number of hydrogen-bond acceptors (Lipinski definition) is 4. The topological polar surface area (TPSA) is 41.6 Å². The lowest BCUT2D eigenvalue weighted by atomic mass is 10.3. The van der Waals surface area contributed by atoms with E-state index in [1.54, 1.807) is 0 Å². The van der Waals surface area contributed by atoms with Crippen LogP contribution in [0.5, 0.6) is 0 Å². The molecule has 4 nitrogen and oxygen atoms in total. The van der Waals surface area contributed by atoms with Crippen LogP contribution in [0.15, 0.2) is 0 Å². The minimum atomic E-state index is -0.116. The van der Waals surface area contributed by atoms with Crippen molar-refractivity contribution in [2.24, 2.45) is 0 Å². The van der Waals surface area contributed by atoms with Gasteiger partial charge >= 0.3 is 5.97 Å². The monoisotopic (exact) mass is 230 g/mol. The molecule has 0 aliphatic heterocycles. The van der Waals surface area contributed by atoms with Crippen molar-refractivity contribution in [3.05, 3.63) is 0 Å². The summed E-state index contributed by atoms with van der Waals surface area (Å²) in [5.41, 5.74) is 0. The second-order valence-electron chi connectivity index (χ2n) is 4.23. The molecule has 0 saturated heterocycles. The third-order valence-corrected chi connectivity index (χ3v) is 2.56. The van der Waals surface area contributed by atoms with Gasteiger partial charge in [-0.05, 0) is 47.3 Å². The van der Waals surface area contributed by atoms with E-state index in [-0.39, 0.29) is 5.97 Å². The summed E-state index contributed by atoms with van der Waals surface area (Å²) in [5.74, 6) is -0.116. The maximum Gasteiger partial charge on any atom is 0.307 e. The van der Waals surface area contributed by atoms with E-state index in [1.807, 2.05) is 6.92 Å². The zero-order chi connectivity index (χ0) is 12.4. The van der Waals surface area contributed by atoms with E-state index in [0.29, 0.717) is 25.6 Å². The van der Waals surface area contributed by atoms with E-state index in [2.05, 4.69) is 31.1 Å². The lowest BCUT2D eigenvalue weighted by molar-refractivity contribution is -0.142. The van der Waals surface area contributed by atoms with Crippen LogP contribution in [0.4, 0.5) is 0 Å². The minimum Gasteiger partial charge on any atom is -0.466 e. The fourth-order valence-electron chi connectivity index (χ4n) is 1.26. The summed E-state index contributed by atoms with van der Waals surface area (Å²) >= 11 is 0. The summed E-state index contributed by atoms with van der Waals surface area (Å²) in [5, 5.41) is 3.24. The van der Waals surface area contributed by atoms with Crippen LogP contribution >= 0.6 is 0 Å². The number of carbonyl (C=O) groups excluding carboxylic acids is 1. The number of rotatable bonds is 9. The zero-order valence-corrected chi connectivity index (χ0v) is 11.1. The smallest absolute Gasteiger partial charge is 0.307 e. The van der Waals surface area contributed by atoms with Gasteiger partial charge in [0, 0.05) is 12.6 Å². The lowest BCUT2D eigenvalue weighted by Gasteiger charge is -2.20. The van der Waals surface area contributed by atoms with Crippen molar-refractivity contribution >= 4 is 5.97 Å². The molecule has 0 aromatic heterocycles. The van der Waals surface area contributed by atoms with E-state index in [4.69, 9.17) is 4.74 Å². The van der Waals surface area contributed by atoms with Gasteiger partial charge in [0.15, 0.2) is 0 Å². The Morgan fingerprint density at radius 1 is 1.38 bits per heavy atom. The molecular weight excluding hydrogens is 204 g/mol. The summed E-state index contributed by atoms with van der Waals surface area (Å²) < 4.78 is 4.83. The number of esters is 1. The Balaban J connectivity index is 3.24. The van der Waals surface area contributed by atoms with Gasteiger partial charge in [0.2, 0.25) is 0 Å². The Morgan fingerprint density at radius 3 is 2.62 bits per heavy atom. The van der Waals surface area contributed by atoms with Crippen molar-refractivity contribution in [3.63, 3.8) is 0 Å². The van der Waals surface area contributed by atoms with Gasteiger partial charge in [-0.1, -0.05) is 0 Å². The minimum absolute atomic E-state index is 0.116. The number of nitrogens with one attached hydrogen (secondary N) is 1. The van der Waals surface area contributed by atoms with Crippen LogP contribution in [-0.4, -0.2) is 50.2 Å². The molecule has 0 aliphatic rings. The standard InChI is InChI=1S/C12H26N2O2/c1-5-16-12(15)7-9-13-8-6-10-14(4)11(2)3/h11,13H,5-10H2,1-4H3. The van der Waals surface area contributed by atoms with Gasteiger partial charge in [-0.3, -0.25) is 4.79 Å². The Morgan fingerprint density at radius 2 is 2.06 bits per heavy atom. The first-order valence-electron chi connectivity index (χ1n) is 6.14. The summed E-state index contributed by atoms with van der Waals surface area (Å²) in [4.78, 5) is 13.3. The fraction of sp³-hybridized carbons (Fsp3) is 0.917. The molecule has 0 spiro atoms. The molecule has 0 saturated carbocycles. The van der Waals surface area contributed by atoms with Gasteiger partial charge in [0.1, 0.15) is 0 Å². The number of nitrogens with zero attached hydrogens (tertiary/aromatic N) is 1. The predicted octanol–water partition coefficient (Wildman–Crippen LogP) is 1.26. The molecule has 0 aromatic rings. The van der Waals surface area contributed by atoms with Crippen LogP contribution in [0.3, 0.4) is 0 Å². The largest absolute Gasteiger partial charge is 0.466 e. The summed E-state index contributed by atoms with van der Waals surface area (Å²) in [6.07, 6.45) is 1.57. The molecular formula is C12H26N2O2. The fourth-order valence-corrected chi connectivity index (χ4v) is 1.26.